The van der Waals surface area contributed by atoms with Crippen LogP contribution in [0.4, 0.5) is 0 Å². The first-order valence-electron chi connectivity index (χ1n) is 7.87. The van der Waals surface area contributed by atoms with E-state index in [1.165, 1.54) is 6.21 Å². The first kappa shape index (κ1) is 16.2. The Morgan fingerprint density at radius 2 is 2.04 bits per heavy atom. The Morgan fingerprint density at radius 3 is 2.75 bits per heavy atom. The summed E-state index contributed by atoms with van der Waals surface area (Å²) in [6.07, 6.45) is 2.78. The number of ether oxygens (including phenoxy) is 1. The van der Waals surface area contributed by atoms with Crippen molar-refractivity contribution in [1.29, 1.82) is 0 Å². The fourth-order valence-corrected chi connectivity index (χ4v) is 2.60. The molecule has 0 radical (unpaired) electrons. The monoisotopic (exact) mass is 324 g/mol. The molecule has 2 heterocycles. The van der Waals surface area contributed by atoms with Crippen molar-refractivity contribution in [3.05, 3.63) is 53.4 Å². The number of aromatic nitrogens is 1. The van der Waals surface area contributed by atoms with Crippen LogP contribution in [0.15, 0.2) is 52.9 Å². The molecule has 1 N–H and O–H groups in total. The van der Waals surface area contributed by atoms with Gasteiger partial charge in [-0.15, -0.1) is 0 Å². The van der Waals surface area contributed by atoms with E-state index in [1.54, 1.807) is 6.20 Å². The Kier molecular flexibility index (Phi) is 4.09. The van der Waals surface area contributed by atoms with Crippen LogP contribution in [0.2, 0.25) is 0 Å². The van der Waals surface area contributed by atoms with Crippen molar-refractivity contribution in [2.75, 3.05) is 0 Å². The lowest BCUT2D eigenvalue weighted by atomic mass is 9.97. The number of fused-ring (bicyclic) bond motifs is 1. The van der Waals surface area contributed by atoms with E-state index in [9.17, 15) is 9.90 Å². The largest absolute Gasteiger partial charge is 0.511 e. The van der Waals surface area contributed by atoms with Gasteiger partial charge in [0, 0.05) is 29.8 Å². The van der Waals surface area contributed by atoms with Gasteiger partial charge in [0.1, 0.15) is 17.4 Å². The van der Waals surface area contributed by atoms with E-state index in [0.717, 1.165) is 16.5 Å². The number of aliphatic hydroxyl groups is 1. The number of pyridine rings is 1. The molecule has 1 aliphatic rings. The third-order valence-electron chi connectivity index (χ3n) is 3.77. The van der Waals surface area contributed by atoms with Gasteiger partial charge in [-0.1, -0.05) is 18.2 Å². The van der Waals surface area contributed by atoms with Gasteiger partial charge >= 0.3 is 5.97 Å². The number of rotatable bonds is 2. The number of esters is 1. The fraction of sp³-hybridized carbons (Fsp3) is 0.316. The first-order valence-corrected chi connectivity index (χ1v) is 7.87. The molecule has 2 aromatic rings. The number of benzene rings is 1. The summed E-state index contributed by atoms with van der Waals surface area (Å²) in [6, 6.07) is 9.48. The highest BCUT2D eigenvalue weighted by molar-refractivity contribution is 6.10. The minimum absolute atomic E-state index is 0.00476. The lowest BCUT2D eigenvalue weighted by molar-refractivity contribution is -0.146. The zero-order chi connectivity index (χ0) is 17.3. The summed E-state index contributed by atoms with van der Waals surface area (Å²) < 4.78 is 5.55. The number of nitrogens with zero attached hydrogens (tertiary/aromatic N) is 2. The van der Waals surface area contributed by atoms with Crippen molar-refractivity contribution >= 4 is 23.1 Å². The van der Waals surface area contributed by atoms with Crippen molar-refractivity contribution < 1.29 is 14.6 Å². The quantitative estimate of drug-likeness (QED) is 0.671. The lowest BCUT2D eigenvalue weighted by Crippen LogP contribution is -2.23. The maximum Gasteiger partial charge on any atom is 0.343 e. The van der Waals surface area contributed by atoms with Crippen molar-refractivity contribution in [2.24, 2.45) is 4.99 Å². The van der Waals surface area contributed by atoms with Crippen molar-refractivity contribution in [3.63, 3.8) is 0 Å². The van der Waals surface area contributed by atoms with E-state index in [0.29, 0.717) is 0 Å². The normalized spacial score (nSPS) is 19.1. The van der Waals surface area contributed by atoms with E-state index in [1.807, 2.05) is 51.1 Å². The molecule has 1 unspecified atom stereocenters. The van der Waals surface area contributed by atoms with Gasteiger partial charge in [-0.25, -0.2) is 4.79 Å². The van der Waals surface area contributed by atoms with Gasteiger partial charge in [0.25, 0.3) is 0 Å². The molecule has 24 heavy (non-hydrogen) atoms. The average molecular weight is 324 g/mol. The highest BCUT2D eigenvalue weighted by Crippen LogP contribution is 2.34. The third-order valence-corrected chi connectivity index (χ3v) is 3.77. The Hall–Kier alpha value is -2.69. The van der Waals surface area contributed by atoms with Crippen LogP contribution >= 0.6 is 0 Å². The number of aliphatic hydroxyl groups excluding tert-OH is 1. The van der Waals surface area contributed by atoms with Crippen molar-refractivity contribution in [1.82, 2.24) is 4.98 Å². The predicted molar refractivity (Wildman–Crippen MR) is 93.1 cm³/mol. The molecule has 1 aliphatic heterocycles. The second-order valence-electron chi connectivity index (χ2n) is 6.80. The smallest absolute Gasteiger partial charge is 0.343 e. The highest BCUT2D eigenvalue weighted by Gasteiger charge is 2.30. The molecule has 1 aromatic carbocycles. The second-order valence-corrected chi connectivity index (χ2v) is 6.80. The molecular formula is C19H20N2O3. The van der Waals surface area contributed by atoms with E-state index < -0.39 is 12.1 Å². The molecule has 0 saturated heterocycles. The molecular weight excluding hydrogens is 304 g/mol. The SMILES string of the molecule is CC(C)(C)N=CC1=C(O)CC(c2ccnc3ccccc23)OC1=O. The molecule has 0 spiro atoms. The van der Waals surface area contributed by atoms with Gasteiger partial charge in [-0.05, 0) is 32.9 Å². The third kappa shape index (κ3) is 3.30. The van der Waals surface area contributed by atoms with Gasteiger partial charge in [-0.2, -0.15) is 0 Å². The molecule has 0 amide bonds. The molecule has 0 bridgehead atoms. The average Bonchev–Trinajstić information content (AvgIpc) is 2.52. The zero-order valence-corrected chi connectivity index (χ0v) is 14.0. The first-order chi connectivity index (χ1) is 11.3. The molecule has 1 aromatic heterocycles. The fourth-order valence-electron chi connectivity index (χ4n) is 2.60. The van der Waals surface area contributed by atoms with Gasteiger partial charge < -0.3 is 9.84 Å². The van der Waals surface area contributed by atoms with Gasteiger partial charge in [0.15, 0.2) is 0 Å². The van der Waals surface area contributed by atoms with Crippen LogP contribution in [0, 0.1) is 0 Å². The lowest BCUT2D eigenvalue weighted by Gasteiger charge is -2.24. The Labute approximate surface area is 140 Å². The van der Waals surface area contributed by atoms with Crippen LogP contribution in [0.5, 0.6) is 0 Å². The van der Waals surface area contributed by atoms with E-state index in [4.69, 9.17) is 4.74 Å². The van der Waals surface area contributed by atoms with Gasteiger partial charge in [0.05, 0.1) is 11.1 Å². The standard InChI is InChI=1S/C19H20N2O3/c1-19(2,3)21-11-14-16(22)10-17(24-18(14)23)13-8-9-20-15-7-5-4-6-12(13)15/h4-9,11,17,22H,10H2,1-3H3. The van der Waals surface area contributed by atoms with Crippen LogP contribution in [-0.4, -0.2) is 27.8 Å². The summed E-state index contributed by atoms with van der Waals surface area (Å²) >= 11 is 0. The minimum Gasteiger partial charge on any atom is -0.511 e. The topological polar surface area (TPSA) is 71.8 Å². The molecule has 1 atom stereocenters. The predicted octanol–water partition coefficient (Wildman–Crippen LogP) is 3.90. The van der Waals surface area contributed by atoms with E-state index in [2.05, 4.69) is 9.98 Å². The summed E-state index contributed by atoms with van der Waals surface area (Å²) in [5.41, 5.74) is 1.47. The Balaban J connectivity index is 1.95. The van der Waals surface area contributed by atoms with Crippen molar-refractivity contribution in [3.8, 4) is 0 Å². The molecule has 5 heteroatoms. The van der Waals surface area contributed by atoms with Gasteiger partial charge in [0.2, 0.25) is 0 Å². The number of hydrogen-bond acceptors (Lipinski definition) is 5. The number of para-hydroxylation sites is 1. The summed E-state index contributed by atoms with van der Waals surface area (Å²) in [7, 11) is 0. The van der Waals surface area contributed by atoms with Crippen LogP contribution < -0.4 is 0 Å². The number of carbonyl (C=O) groups is 1. The maximum absolute atomic E-state index is 12.3. The molecule has 3 rings (SSSR count). The summed E-state index contributed by atoms with van der Waals surface area (Å²) in [5.74, 6) is -0.553. The Morgan fingerprint density at radius 1 is 1.29 bits per heavy atom. The number of aliphatic imine (C=N–C) groups is 1. The zero-order valence-electron chi connectivity index (χ0n) is 14.0. The summed E-state index contributed by atoms with van der Waals surface area (Å²) in [4.78, 5) is 20.9. The molecule has 0 fully saturated rings. The van der Waals surface area contributed by atoms with Crippen LogP contribution in [0.3, 0.4) is 0 Å². The van der Waals surface area contributed by atoms with Crippen molar-refractivity contribution in [2.45, 2.75) is 38.8 Å². The number of cyclic esters (lactones) is 1. The highest BCUT2D eigenvalue weighted by atomic mass is 16.5. The summed E-state index contributed by atoms with van der Waals surface area (Å²) in [6.45, 7) is 5.75. The number of hydrogen-bond donors (Lipinski definition) is 1. The Bertz CT molecular complexity index is 842. The minimum atomic E-state index is -0.558. The second kappa shape index (κ2) is 6.07. The molecule has 124 valence electrons. The van der Waals surface area contributed by atoms with Crippen LogP contribution in [0.25, 0.3) is 10.9 Å². The molecule has 0 saturated carbocycles. The van der Waals surface area contributed by atoms with Crippen LogP contribution in [0.1, 0.15) is 38.9 Å². The summed E-state index contributed by atoms with van der Waals surface area (Å²) in [5, 5.41) is 11.2. The number of carbonyl (C=O) groups excluding carboxylic acids is 1. The van der Waals surface area contributed by atoms with Gasteiger partial charge in [-0.3, -0.25) is 9.98 Å². The molecule has 5 nitrogen and oxygen atoms in total. The van der Waals surface area contributed by atoms with E-state index in [-0.39, 0.29) is 23.3 Å². The van der Waals surface area contributed by atoms with E-state index >= 15 is 0 Å². The van der Waals surface area contributed by atoms with Crippen LogP contribution in [-0.2, 0) is 9.53 Å². The molecule has 0 aliphatic carbocycles. The maximum atomic E-state index is 12.3.